The molecule has 0 spiro atoms. The quantitative estimate of drug-likeness (QED) is 0.686. The number of nitrogens with zero attached hydrogens (tertiary/aromatic N) is 4. The maximum Gasteiger partial charge on any atom is 0.262 e. The van der Waals surface area contributed by atoms with E-state index in [2.05, 4.69) is 15.1 Å². The van der Waals surface area contributed by atoms with Gasteiger partial charge in [-0.25, -0.2) is 0 Å². The smallest absolute Gasteiger partial charge is 0.262 e. The van der Waals surface area contributed by atoms with Gasteiger partial charge in [0.1, 0.15) is 23.1 Å². The summed E-state index contributed by atoms with van der Waals surface area (Å²) in [5.41, 5.74) is 1.15. The first-order valence-corrected chi connectivity index (χ1v) is 8.49. The first-order valence-electron chi connectivity index (χ1n) is 8.49. The topological polar surface area (TPSA) is 90.6 Å². The van der Waals surface area contributed by atoms with Crippen LogP contribution in [0.1, 0.15) is 28.7 Å². The van der Waals surface area contributed by atoms with Gasteiger partial charge in [0.2, 0.25) is 11.7 Å². The predicted molar refractivity (Wildman–Crippen MR) is 95.5 cm³/mol. The van der Waals surface area contributed by atoms with Gasteiger partial charge < -0.3 is 18.9 Å². The lowest BCUT2D eigenvalue weighted by Crippen LogP contribution is -2.45. The Balaban J connectivity index is 1.60. The van der Waals surface area contributed by atoms with Crippen molar-refractivity contribution in [2.45, 2.75) is 12.5 Å². The molecule has 1 saturated heterocycles. The minimum absolute atomic E-state index is 0.193. The van der Waals surface area contributed by atoms with E-state index in [0.717, 1.165) is 12.0 Å². The van der Waals surface area contributed by atoms with E-state index >= 15 is 0 Å². The fourth-order valence-electron chi connectivity index (χ4n) is 3.08. The summed E-state index contributed by atoms with van der Waals surface area (Å²) in [6.45, 7) is 0.593. The molecule has 0 radical (unpaired) electrons. The van der Waals surface area contributed by atoms with E-state index in [0.29, 0.717) is 35.3 Å². The van der Waals surface area contributed by atoms with Crippen LogP contribution in [0, 0.1) is 0 Å². The normalized spacial score (nSPS) is 15.9. The van der Waals surface area contributed by atoms with Crippen molar-refractivity contribution in [1.29, 1.82) is 0 Å². The van der Waals surface area contributed by atoms with Crippen LogP contribution < -0.4 is 9.47 Å². The largest absolute Gasteiger partial charge is 0.496 e. The number of pyridine rings is 1. The fraction of sp³-hybridized carbons (Fsp3) is 0.263. The third-order valence-corrected chi connectivity index (χ3v) is 4.57. The van der Waals surface area contributed by atoms with Gasteiger partial charge in [-0.2, -0.15) is 4.98 Å². The van der Waals surface area contributed by atoms with Gasteiger partial charge in [0.05, 0.1) is 14.2 Å². The highest BCUT2D eigenvalue weighted by Gasteiger charge is 2.39. The summed E-state index contributed by atoms with van der Waals surface area (Å²) < 4.78 is 16.1. The molecule has 3 aromatic rings. The number of likely N-dealkylation sites (tertiary alicyclic amines) is 1. The van der Waals surface area contributed by atoms with E-state index in [1.165, 1.54) is 14.2 Å². The SMILES string of the molecule is COc1cccc(OC)c1C(=O)N1CC[C@@H]1c1nc(-c2cccnc2)no1. The van der Waals surface area contributed by atoms with Gasteiger partial charge in [-0.1, -0.05) is 11.2 Å². The van der Waals surface area contributed by atoms with Crippen molar-refractivity contribution >= 4 is 5.91 Å². The molecule has 1 amide bonds. The highest BCUT2D eigenvalue weighted by atomic mass is 16.5. The van der Waals surface area contributed by atoms with Gasteiger partial charge in [0.25, 0.3) is 5.91 Å². The first-order chi connectivity index (χ1) is 13.2. The Hall–Kier alpha value is -3.42. The number of rotatable bonds is 5. The number of carbonyl (C=O) groups excluding carboxylic acids is 1. The Kier molecular flexibility index (Phi) is 4.45. The molecule has 138 valence electrons. The molecule has 1 fully saturated rings. The van der Waals surface area contributed by atoms with Crippen LogP contribution in [0.25, 0.3) is 11.4 Å². The van der Waals surface area contributed by atoms with Crippen LogP contribution in [0.15, 0.2) is 47.2 Å². The van der Waals surface area contributed by atoms with E-state index < -0.39 is 0 Å². The van der Waals surface area contributed by atoms with Gasteiger partial charge in [-0.3, -0.25) is 9.78 Å². The van der Waals surface area contributed by atoms with Gasteiger partial charge >= 0.3 is 0 Å². The predicted octanol–water partition coefficient (Wildman–Crippen LogP) is 2.74. The van der Waals surface area contributed by atoms with Crippen molar-refractivity contribution in [2.75, 3.05) is 20.8 Å². The maximum absolute atomic E-state index is 13.1. The first kappa shape index (κ1) is 17.0. The van der Waals surface area contributed by atoms with E-state index in [1.54, 1.807) is 41.6 Å². The third kappa shape index (κ3) is 2.99. The van der Waals surface area contributed by atoms with Crippen molar-refractivity contribution < 1.29 is 18.8 Å². The standard InChI is InChI=1S/C19H18N4O4/c1-25-14-6-3-7-15(26-2)16(14)19(24)23-10-8-13(23)18-21-17(22-27-18)12-5-4-9-20-11-12/h3-7,9,11,13H,8,10H2,1-2H3/t13-/m1/s1. The number of ether oxygens (including phenoxy) is 2. The van der Waals surface area contributed by atoms with Gasteiger partial charge in [0.15, 0.2) is 0 Å². The minimum atomic E-state index is -0.273. The molecule has 1 aliphatic heterocycles. The number of hydrogen-bond donors (Lipinski definition) is 0. The maximum atomic E-state index is 13.1. The molecule has 1 aromatic carbocycles. The molecule has 0 unspecified atom stereocenters. The average Bonchev–Trinajstić information content (AvgIpc) is 3.16. The molecular weight excluding hydrogens is 348 g/mol. The van der Waals surface area contributed by atoms with E-state index in [9.17, 15) is 4.79 Å². The summed E-state index contributed by atoms with van der Waals surface area (Å²) in [6.07, 6.45) is 4.09. The van der Waals surface area contributed by atoms with Crippen LogP contribution in [0.5, 0.6) is 11.5 Å². The van der Waals surface area contributed by atoms with Gasteiger partial charge in [-0.15, -0.1) is 0 Å². The molecule has 8 nitrogen and oxygen atoms in total. The van der Waals surface area contributed by atoms with Crippen molar-refractivity contribution in [3.8, 4) is 22.9 Å². The van der Waals surface area contributed by atoms with Crippen molar-refractivity contribution in [1.82, 2.24) is 20.0 Å². The molecular formula is C19H18N4O4. The summed E-state index contributed by atoms with van der Waals surface area (Å²) in [5.74, 6) is 1.59. The summed E-state index contributed by atoms with van der Waals surface area (Å²) in [7, 11) is 3.05. The summed E-state index contributed by atoms with van der Waals surface area (Å²) in [5, 5.41) is 4.01. The molecule has 0 saturated carbocycles. The van der Waals surface area contributed by atoms with E-state index in [1.807, 2.05) is 6.07 Å². The summed E-state index contributed by atoms with van der Waals surface area (Å²) in [4.78, 5) is 23.3. The molecule has 27 heavy (non-hydrogen) atoms. The second kappa shape index (κ2) is 7.06. The molecule has 8 heteroatoms. The molecule has 1 aliphatic rings. The highest BCUT2D eigenvalue weighted by Crippen LogP contribution is 2.38. The lowest BCUT2D eigenvalue weighted by molar-refractivity contribution is 0.0372. The third-order valence-electron chi connectivity index (χ3n) is 4.57. The molecule has 2 aromatic heterocycles. The Morgan fingerprint density at radius 2 is 1.96 bits per heavy atom. The lowest BCUT2D eigenvalue weighted by Gasteiger charge is -2.38. The van der Waals surface area contributed by atoms with Crippen LogP contribution in [0.2, 0.25) is 0 Å². The Bertz CT molecular complexity index is 935. The Morgan fingerprint density at radius 3 is 2.56 bits per heavy atom. The van der Waals surface area contributed by atoms with Crippen LogP contribution in [0.3, 0.4) is 0 Å². The fourth-order valence-corrected chi connectivity index (χ4v) is 3.08. The highest BCUT2D eigenvalue weighted by molar-refractivity contribution is 6.00. The summed E-state index contributed by atoms with van der Waals surface area (Å²) >= 11 is 0. The Labute approximate surface area is 155 Å². The van der Waals surface area contributed by atoms with Gasteiger partial charge in [-0.05, 0) is 30.7 Å². The van der Waals surface area contributed by atoms with Crippen LogP contribution in [-0.4, -0.2) is 46.7 Å². The number of methoxy groups -OCH3 is 2. The minimum Gasteiger partial charge on any atom is -0.496 e. The zero-order valence-electron chi connectivity index (χ0n) is 15.0. The van der Waals surface area contributed by atoms with Crippen molar-refractivity contribution in [3.05, 3.63) is 54.2 Å². The molecule has 0 bridgehead atoms. The van der Waals surface area contributed by atoms with E-state index in [4.69, 9.17) is 14.0 Å². The molecule has 3 heterocycles. The second-order valence-electron chi connectivity index (χ2n) is 6.04. The monoisotopic (exact) mass is 366 g/mol. The summed E-state index contributed by atoms with van der Waals surface area (Å²) in [6, 6.07) is 8.63. The van der Waals surface area contributed by atoms with E-state index in [-0.39, 0.29) is 11.9 Å². The van der Waals surface area contributed by atoms with Crippen molar-refractivity contribution in [3.63, 3.8) is 0 Å². The molecule has 0 aliphatic carbocycles. The number of hydrogen-bond acceptors (Lipinski definition) is 7. The molecule has 0 N–H and O–H groups in total. The number of benzene rings is 1. The molecule has 4 rings (SSSR count). The second-order valence-corrected chi connectivity index (χ2v) is 6.04. The number of amides is 1. The molecule has 1 atom stereocenters. The van der Waals surface area contributed by atoms with Crippen molar-refractivity contribution in [2.24, 2.45) is 0 Å². The number of aromatic nitrogens is 3. The van der Waals surface area contributed by atoms with Gasteiger partial charge in [0, 0.05) is 24.5 Å². The van der Waals surface area contributed by atoms with Crippen LogP contribution in [0.4, 0.5) is 0 Å². The zero-order valence-corrected chi connectivity index (χ0v) is 15.0. The average molecular weight is 366 g/mol. The van der Waals surface area contributed by atoms with Crippen LogP contribution >= 0.6 is 0 Å². The Morgan fingerprint density at radius 1 is 1.19 bits per heavy atom. The lowest BCUT2D eigenvalue weighted by atomic mass is 10.00. The number of carbonyl (C=O) groups is 1. The zero-order chi connectivity index (χ0) is 18.8. The van der Waals surface area contributed by atoms with Crippen LogP contribution in [-0.2, 0) is 0 Å².